The Balaban J connectivity index is 2.23. The summed E-state index contributed by atoms with van der Waals surface area (Å²) in [5.41, 5.74) is 1.50. The third kappa shape index (κ3) is 1.54. The lowest BCUT2D eigenvalue weighted by Gasteiger charge is -2.08. The van der Waals surface area contributed by atoms with Crippen molar-refractivity contribution in [1.29, 1.82) is 0 Å². The number of oxime groups is 1. The zero-order valence-electron chi connectivity index (χ0n) is 7.33. The third-order valence-electron chi connectivity index (χ3n) is 2.07. The lowest BCUT2D eigenvalue weighted by atomic mass is 10.0. The highest BCUT2D eigenvalue weighted by Crippen LogP contribution is 2.28. The minimum atomic E-state index is -0.235. The van der Waals surface area contributed by atoms with Crippen LogP contribution in [0, 0.1) is 5.82 Å². The van der Waals surface area contributed by atoms with E-state index in [1.807, 2.05) is 6.92 Å². The second-order valence-corrected chi connectivity index (χ2v) is 3.15. The smallest absolute Gasteiger partial charge is 0.160 e. The van der Waals surface area contributed by atoms with Crippen LogP contribution in [0.15, 0.2) is 29.4 Å². The summed E-state index contributed by atoms with van der Waals surface area (Å²) in [6.07, 6.45) is 0.446. The summed E-state index contributed by atoms with van der Waals surface area (Å²) in [6, 6.07) is 6.64. The average Bonchev–Trinajstić information content (AvgIpc) is 2.53. The molecule has 3 heteroatoms. The quantitative estimate of drug-likeness (QED) is 0.649. The molecule has 0 aliphatic carbocycles. The fourth-order valence-electron chi connectivity index (χ4n) is 1.40. The first kappa shape index (κ1) is 8.23. The van der Waals surface area contributed by atoms with Crippen molar-refractivity contribution in [3.05, 3.63) is 35.6 Å². The molecule has 1 aromatic carbocycles. The van der Waals surface area contributed by atoms with Crippen LogP contribution in [0.2, 0.25) is 0 Å². The normalized spacial score (nSPS) is 21.1. The second kappa shape index (κ2) is 3.17. The van der Waals surface area contributed by atoms with Gasteiger partial charge in [0.1, 0.15) is 5.82 Å². The minimum absolute atomic E-state index is 0.225. The van der Waals surface area contributed by atoms with Crippen LogP contribution in [0.4, 0.5) is 4.39 Å². The summed E-state index contributed by atoms with van der Waals surface area (Å²) in [5.74, 6) is -0.225. The molecular formula is C10H10FNO. The molecule has 1 heterocycles. The number of hydrogen-bond acceptors (Lipinski definition) is 2. The molecule has 0 aromatic heterocycles. The molecule has 1 atom stereocenters. The number of nitrogens with zero attached hydrogens (tertiary/aromatic N) is 1. The first-order valence-corrected chi connectivity index (χ1v) is 4.21. The van der Waals surface area contributed by atoms with E-state index in [4.69, 9.17) is 4.84 Å². The fraction of sp³-hybridized carbons (Fsp3) is 0.300. The van der Waals surface area contributed by atoms with E-state index in [0.29, 0.717) is 12.0 Å². The molecule has 0 saturated carbocycles. The standard InChI is InChI=1S/C10H10FNO/c1-7-6-10(13-12-7)8-4-2-3-5-9(8)11/h2-5,10H,6H2,1H3/t10-/m1/s1. The maximum Gasteiger partial charge on any atom is 0.160 e. The van der Waals surface area contributed by atoms with Gasteiger partial charge in [0, 0.05) is 12.0 Å². The summed E-state index contributed by atoms with van der Waals surface area (Å²) in [5, 5.41) is 3.79. The topological polar surface area (TPSA) is 21.6 Å². The highest BCUT2D eigenvalue weighted by atomic mass is 19.1. The largest absolute Gasteiger partial charge is 0.387 e. The van der Waals surface area contributed by atoms with Gasteiger partial charge in [-0.15, -0.1) is 0 Å². The number of rotatable bonds is 1. The van der Waals surface area contributed by atoms with Crippen molar-refractivity contribution >= 4 is 5.71 Å². The van der Waals surface area contributed by atoms with Crippen LogP contribution in [0.25, 0.3) is 0 Å². The SMILES string of the molecule is CC1=NO[C@@H](c2ccccc2F)C1. The van der Waals surface area contributed by atoms with Crippen LogP contribution in [0.1, 0.15) is 25.0 Å². The van der Waals surface area contributed by atoms with Crippen molar-refractivity contribution in [2.45, 2.75) is 19.4 Å². The van der Waals surface area contributed by atoms with Crippen LogP contribution >= 0.6 is 0 Å². The predicted molar refractivity (Wildman–Crippen MR) is 48.0 cm³/mol. The summed E-state index contributed by atoms with van der Waals surface area (Å²) >= 11 is 0. The Kier molecular flexibility index (Phi) is 2.00. The van der Waals surface area contributed by atoms with Crippen molar-refractivity contribution in [1.82, 2.24) is 0 Å². The molecule has 2 nitrogen and oxygen atoms in total. The van der Waals surface area contributed by atoms with Crippen LogP contribution in [0.3, 0.4) is 0 Å². The van der Waals surface area contributed by atoms with Crippen LogP contribution in [0.5, 0.6) is 0 Å². The van der Waals surface area contributed by atoms with E-state index < -0.39 is 0 Å². The van der Waals surface area contributed by atoms with Gasteiger partial charge in [-0.2, -0.15) is 0 Å². The lowest BCUT2D eigenvalue weighted by molar-refractivity contribution is 0.0829. The summed E-state index contributed by atoms with van der Waals surface area (Å²) in [7, 11) is 0. The van der Waals surface area contributed by atoms with Gasteiger partial charge in [0.2, 0.25) is 0 Å². The highest BCUT2D eigenvalue weighted by molar-refractivity contribution is 5.83. The van der Waals surface area contributed by atoms with Gasteiger partial charge in [0.25, 0.3) is 0 Å². The Bertz CT molecular complexity index is 349. The van der Waals surface area contributed by atoms with Gasteiger partial charge < -0.3 is 4.84 Å². The van der Waals surface area contributed by atoms with Crippen molar-refractivity contribution in [3.8, 4) is 0 Å². The van der Waals surface area contributed by atoms with Crippen molar-refractivity contribution in [3.63, 3.8) is 0 Å². The Morgan fingerprint density at radius 3 is 2.85 bits per heavy atom. The van der Waals surface area contributed by atoms with Crippen LogP contribution < -0.4 is 0 Å². The number of halogens is 1. The Hall–Kier alpha value is -1.38. The van der Waals surface area contributed by atoms with Gasteiger partial charge in [-0.1, -0.05) is 23.4 Å². The molecule has 1 aromatic rings. The molecule has 0 fully saturated rings. The molecule has 0 unspecified atom stereocenters. The van der Waals surface area contributed by atoms with E-state index in [1.54, 1.807) is 18.2 Å². The van der Waals surface area contributed by atoms with E-state index in [0.717, 1.165) is 5.71 Å². The molecule has 0 spiro atoms. The molecule has 0 saturated heterocycles. The monoisotopic (exact) mass is 179 g/mol. The van der Waals surface area contributed by atoms with Gasteiger partial charge in [-0.25, -0.2) is 4.39 Å². The Labute approximate surface area is 76.0 Å². The molecule has 0 bridgehead atoms. The molecule has 0 N–H and O–H groups in total. The molecule has 13 heavy (non-hydrogen) atoms. The third-order valence-corrected chi connectivity index (χ3v) is 2.07. The van der Waals surface area contributed by atoms with E-state index in [1.165, 1.54) is 6.07 Å². The Morgan fingerprint density at radius 1 is 1.46 bits per heavy atom. The molecular weight excluding hydrogens is 169 g/mol. The van der Waals surface area contributed by atoms with E-state index >= 15 is 0 Å². The van der Waals surface area contributed by atoms with Crippen LogP contribution in [-0.2, 0) is 4.84 Å². The first-order valence-electron chi connectivity index (χ1n) is 4.21. The maximum atomic E-state index is 13.2. The molecule has 2 rings (SSSR count). The van der Waals surface area contributed by atoms with Gasteiger partial charge in [0.05, 0.1) is 5.71 Å². The molecule has 1 aliphatic rings. The van der Waals surface area contributed by atoms with E-state index in [9.17, 15) is 4.39 Å². The summed E-state index contributed by atoms with van der Waals surface area (Å²) in [6.45, 7) is 1.88. The molecule has 0 amide bonds. The first-order chi connectivity index (χ1) is 6.27. The number of benzene rings is 1. The number of hydrogen-bond donors (Lipinski definition) is 0. The van der Waals surface area contributed by atoms with Gasteiger partial charge in [-0.3, -0.25) is 0 Å². The van der Waals surface area contributed by atoms with E-state index in [2.05, 4.69) is 5.16 Å². The highest BCUT2D eigenvalue weighted by Gasteiger charge is 2.22. The zero-order chi connectivity index (χ0) is 9.26. The lowest BCUT2D eigenvalue weighted by Crippen LogP contribution is -2.00. The molecule has 68 valence electrons. The second-order valence-electron chi connectivity index (χ2n) is 3.15. The maximum absolute atomic E-state index is 13.2. The zero-order valence-corrected chi connectivity index (χ0v) is 7.33. The van der Waals surface area contributed by atoms with Gasteiger partial charge in [0.15, 0.2) is 6.10 Å². The van der Waals surface area contributed by atoms with E-state index in [-0.39, 0.29) is 11.9 Å². The minimum Gasteiger partial charge on any atom is -0.387 e. The van der Waals surface area contributed by atoms with Gasteiger partial charge >= 0.3 is 0 Å². The summed E-state index contributed by atoms with van der Waals surface area (Å²) < 4.78 is 13.2. The van der Waals surface area contributed by atoms with Crippen LogP contribution in [-0.4, -0.2) is 5.71 Å². The van der Waals surface area contributed by atoms with Crippen molar-refractivity contribution in [2.24, 2.45) is 5.16 Å². The van der Waals surface area contributed by atoms with Gasteiger partial charge in [-0.05, 0) is 13.0 Å². The van der Waals surface area contributed by atoms with Crippen molar-refractivity contribution < 1.29 is 9.23 Å². The predicted octanol–water partition coefficient (Wildman–Crippen LogP) is 2.66. The molecule has 1 aliphatic heterocycles. The Morgan fingerprint density at radius 2 is 2.23 bits per heavy atom. The van der Waals surface area contributed by atoms with Crippen molar-refractivity contribution in [2.75, 3.05) is 0 Å². The fourth-order valence-corrected chi connectivity index (χ4v) is 1.40. The average molecular weight is 179 g/mol. The summed E-state index contributed by atoms with van der Waals surface area (Å²) in [4.78, 5) is 5.08. The molecule has 0 radical (unpaired) electrons.